The third-order valence-corrected chi connectivity index (χ3v) is 4.76. The number of benzene rings is 1. The molecule has 0 bridgehead atoms. The summed E-state index contributed by atoms with van der Waals surface area (Å²) in [6, 6.07) is 4.57. The van der Waals surface area contributed by atoms with Crippen LogP contribution in [-0.4, -0.2) is 9.78 Å². The second-order valence-electron chi connectivity index (χ2n) is 4.81. The molecule has 0 aliphatic heterocycles. The normalized spacial score (nSPS) is 12.7. The molecule has 0 saturated carbocycles. The van der Waals surface area contributed by atoms with E-state index in [-0.39, 0.29) is 11.9 Å². The third kappa shape index (κ3) is 3.71. The number of aryl methyl sites for hydroxylation is 2. The summed E-state index contributed by atoms with van der Waals surface area (Å²) < 4.78 is 17.1. The number of nitrogens with two attached hydrogens (primary N) is 1. The van der Waals surface area contributed by atoms with Crippen molar-refractivity contribution < 1.29 is 4.39 Å². The SMILES string of the molecule is CCc1nn(C)c(CC(NN)c2cc(F)cc(Br)c2)c1Br. The molecular weight excluding hydrogens is 403 g/mol. The molecule has 0 fully saturated rings. The van der Waals surface area contributed by atoms with Gasteiger partial charge in [-0.2, -0.15) is 5.10 Å². The number of hydrazine groups is 1. The molecule has 21 heavy (non-hydrogen) atoms. The van der Waals surface area contributed by atoms with Gasteiger partial charge in [0.1, 0.15) is 5.82 Å². The van der Waals surface area contributed by atoms with Crippen LogP contribution in [-0.2, 0) is 19.9 Å². The van der Waals surface area contributed by atoms with Gasteiger partial charge < -0.3 is 0 Å². The first kappa shape index (κ1) is 16.6. The topological polar surface area (TPSA) is 55.9 Å². The second-order valence-corrected chi connectivity index (χ2v) is 6.52. The molecule has 0 saturated heterocycles. The number of aromatic nitrogens is 2. The highest BCUT2D eigenvalue weighted by molar-refractivity contribution is 9.10. The number of nitrogens with one attached hydrogen (secondary N) is 1. The maximum Gasteiger partial charge on any atom is 0.124 e. The zero-order valence-corrected chi connectivity index (χ0v) is 15.0. The van der Waals surface area contributed by atoms with E-state index >= 15 is 0 Å². The molecule has 4 nitrogen and oxygen atoms in total. The fourth-order valence-corrected chi connectivity index (χ4v) is 3.55. The average Bonchev–Trinajstić information content (AvgIpc) is 2.70. The van der Waals surface area contributed by atoms with Gasteiger partial charge in [0.15, 0.2) is 0 Å². The van der Waals surface area contributed by atoms with Crippen molar-refractivity contribution >= 4 is 31.9 Å². The van der Waals surface area contributed by atoms with E-state index in [4.69, 9.17) is 5.84 Å². The molecule has 1 aromatic heterocycles. The molecule has 114 valence electrons. The van der Waals surface area contributed by atoms with Gasteiger partial charge in [-0.25, -0.2) is 4.39 Å². The van der Waals surface area contributed by atoms with Crippen LogP contribution in [0.15, 0.2) is 27.1 Å². The molecule has 2 rings (SSSR count). The van der Waals surface area contributed by atoms with E-state index in [1.54, 1.807) is 0 Å². The van der Waals surface area contributed by atoms with Gasteiger partial charge in [0.05, 0.1) is 21.9 Å². The molecule has 0 aliphatic rings. The minimum Gasteiger partial charge on any atom is -0.271 e. The van der Waals surface area contributed by atoms with Gasteiger partial charge in [-0.1, -0.05) is 22.9 Å². The van der Waals surface area contributed by atoms with Crippen molar-refractivity contribution in [1.29, 1.82) is 0 Å². The Hall–Kier alpha value is -0.760. The minimum absolute atomic E-state index is 0.201. The highest BCUT2D eigenvalue weighted by Gasteiger charge is 2.19. The third-order valence-electron chi connectivity index (χ3n) is 3.39. The first-order valence-electron chi connectivity index (χ1n) is 6.58. The fraction of sp³-hybridized carbons (Fsp3) is 0.357. The monoisotopic (exact) mass is 418 g/mol. The molecule has 1 aromatic carbocycles. The number of hydrogen-bond acceptors (Lipinski definition) is 3. The van der Waals surface area contributed by atoms with Crippen LogP contribution in [0.25, 0.3) is 0 Å². The molecule has 1 heterocycles. The second kappa shape index (κ2) is 7.00. The first-order valence-corrected chi connectivity index (χ1v) is 8.17. The van der Waals surface area contributed by atoms with Crippen molar-refractivity contribution in [3.05, 3.63) is 49.9 Å². The van der Waals surface area contributed by atoms with Crippen molar-refractivity contribution in [2.45, 2.75) is 25.8 Å². The molecule has 1 unspecified atom stereocenters. The van der Waals surface area contributed by atoms with Crippen LogP contribution in [0, 0.1) is 5.82 Å². The van der Waals surface area contributed by atoms with E-state index in [0.717, 1.165) is 27.8 Å². The summed E-state index contributed by atoms with van der Waals surface area (Å²) in [6.45, 7) is 2.05. The Bertz CT molecular complexity index is 622. The zero-order valence-electron chi connectivity index (χ0n) is 11.8. The summed E-state index contributed by atoms with van der Waals surface area (Å²) in [4.78, 5) is 0. The fourth-order valence-electron chi connectivity index (χ4n) is 2.28. The maximum absolute atomic E-state index is 13.6. The first-order chi connectivity index (χ1) is 9.96. The summed E-state index contributed by atoms with van der Waals surface area (Å²) in [6.07, 6.45) is 1.46. The molecule has 3 N–H and O–H groups in total. The van der Waals surface area contributed by atoms with Gasteiger partial charge in [0, 0.05) is 17.9 Å². The van der Waals surface area contributed by atoms with Crippen molar-refractivity contribution in [1.82, 2.24) is 15.2 Å². The predicted molar refractivity (Wildman–Crippen MR) is 88.2 cm³/mol. The lowest BCUT2D eigenvalue weighted by atomic mass is 10.0. The zero-order chi connectivity index (χ0) is 15.6. The summed E-state index contributed by atoms with van der Waals surface area (Å²) in [5.41, 5.74) is 5.57. The van der Waals surface area contributed by atoms with Crippen LogP contribution in [0.5, 0.6) is 0 Å². The van der Waals surface area contributed by atoms with Crippen molar-refractivity contribution in [2.24, 2.45) is 12.9 Å². The lowest BCUT2D eigenvalue weighted by Crippen LogP contribution is -2.30. The van der Waals surface area contributed by atoms with E-state index in [2.05, 4.69) is 49.3 Å². The molecule has 7 heteroatoms. The van der Waals surface area contributed by atoms with Crippen molar-refractivity contribution in [3.63, 3.8) is 0 Å². The molecule has 0 amide bonds. The number of rotatable bonds is 5. The predicted octanol–water partition coefficient (Wildman–Crippen LogP) is 3.39. The molecule has 0 aliphatic carbocycles. The van der Waals surface area contributed by atoms with Gasteiger partial charge >= 0.3 is 0 Å². The Kier molecular flexibility index (Phi) is 5.54. The summed E-state index contributed by atoms with van der Waals surface area (Å²) in [5.74, 6) is 5.37. The summed E-state index contributed by atoms with van der Waals surface area (Å²) in [7, 11) is 1.90. The Morgan fingerprint density at radius 2 is 2.10 bits per heavy atom. The lowest BCUT2D eigenvalue weighted by Gasteiger charge is -2.17. The molecule has 0 spiro atoms. The number of halogens is 3. The van der Waals surface area contributed by atoms with E-state index in [9.17, 15) is 4.39 Å². The van der Waals surface area contributed by atoms with Gasteiger partial charge in [-0.15, -0.1) is 0 Å². The van der Waals surface area contributed by atoms with Crippen LogP contribution < -0.4 is 11.3 Å². The Morgan fingerprint density at radius 1 is 1.38 bits per heavy atom. The quantitative estimate of drug-likeness (QED) is 0.576. The number of nitrogens with zero attached hydrogens (tertiary/aromatic N) is 2. The van der Waals surface area contributed by atoms with E-state index in [0.29, 0.717) is 10.9 Å². The van der Waals surface area contributed by atoms with Gasteiger partial charge in [-0.3, -0.25) is 16.0 Å². The summed E-state index contributed by atoms with van der Waals surface area (Å²) >= 11 is 6.89. The van der Waals surface area contributed by atoms with E-state index in [1.165, 1.54) is 12.1 Å². The van der Waals surface area contributed by atoms with Crippen LogP contribution >= 0.6 is 31.9 Å². The minimum atomic E-state index is -0.294. The van der Waals surface area contributed by atoms with Gasteiger partial charge in [-0.05, 0) is 46.1 Å². The number of hydrogen-bond donors (Lipinski definition) is 2. The van der Waals surface area contributed by atoms with E-state index < -0.39 is 0 Å². The van der Waals surface area contributed by atoms with Gasteiger partial charge in [0.25, 0.3) is 0 Å². The molecule has 2 aromatic rings. The molecule has 0 radical (unpaired) electrons. The highest BCUT2D eigenvalue weighted by Crippen LogP contribution is 2.28. The standard InChI is InChI=1S/C14H17Br2FN4/c1-3-11-14(16)13(21(2)20-11)7-12(19-18)8-4-9(15)6-10(17)5-8/h4-6,12,19H,3,7,18H2,1-2H3. The Morgan fingerprint density at radius 3 is 2.62 bits per heavy atom. The van der Waals surface area contributed by atoms with Gasteiger partial charge in [0.2, 0.25) is 0 Å². The van der Waals surface area contributed by atoms with Crippen LogP contribution in [0.1, 0.15) is 29.9 Å². The molecular formula is C14H17Br2FN4. The van der Waals surface area contributed by atoms with Crippen molar-refractivity contribution in [3.8, 4) is 0 Å². The smallest absolute Gasteiger partial charge is 0.124 e. The van der Waals surface area contributed by atoms with Crippen molar-refractivity contribution in [2.75, 3.05) is 0 Å². The average molecular weight is 420 g/mol. The largest absolute Gasteiger partial charge is 0.271 e. The van der Waals surface area contributed by atoms with Crippen LogP contribution in [0.3, 0.4) is 0 Å². The van der Waals surface area contributed by atoms with E-state index in [1.807, 2.05) is 17.8 Å². The lowest BCUT2D eigenvalue weighted by molar-refractivity contribution is 0.523. The Labute approximate surface area is 140 Å². The molecule has 1 atom stereocenters. The van der Waals surface area contributed by atoms with Crippen LogP contribution in [0.4, 0.5) is 4.39 Å². The van der Waals surface area contributed by atoms with Crippen LogP contribution in [0.2, 0.25) is 0 Å². The highest BCUT2D eigenvalue weighted by atomic mass is 79.9. The maximum atomic E-state index is 13.6. The summed E-state index contributed by atoms with van der Waals surface area (Å²) in [5, 5.41) is 4.46. The Balaban J connectivity index is 2.33.